The maximum atomic E-state index is 11.7. The van der Waals surface area contributed by atoms with Gasteiger partial charge in [0, 0.05) is 19.2 Å². The van der Waals surface area contributed by atoms with Gasteiger partial charge in [-0.05, 0) is 37.5 Å². The van der Waals surface area contributed by atoms with E-state index in [1.807, 2.05) is 31.2 Å². The summed E-state index contributed by atoms with van der Waals surface area (Å²) in [6.07, 6.45) is 4.56. The third kappa shape index (κ3) is 4.85. The van der Waals surface area contributed by atoms with E-state index in [1.165, 1.54) is 6.33 Å². The number of nitrogens with zero attached hydrogens (tertiary/aromatic N) is 3. The third-order valence-electron chi connectivity index (χ3n) is 3.25. The van der Waals surface area contributed by atoms with Crippen molar-refractivity contribution < 1.29 is 9.90 Å². The van der Waals surface area contributed by atoms with Crippen LogP contribution in [0.4, 0.5) is 4.79 Å². The Balaban J connectivity index is 1.78. The number of aromatic nitrogens is 3. The standard InChI is InChI=1S/C15H21N5O2/c1-12(3-2-8-21)19-15(22)17-9-13-4-6-14(7-5-13)20-11-16-10-18-20/h4-7,10-12,21H,2-3,8-9H2,1H3,(H2,17,19,22). The number of nitrogens with one attached hydrogen (secondary N) is 2. The van der Waals surface area contributed by atoms with E-state index in [9.17, 15) is 4.79 Å². The van der Waals surface area contributed by atoms with Crippen molar-refractivity contribution in [3.05, 3.63) is 42.5 Å². The van der Waals surface area contributed by atoms with Crippen molar-refractivity contribution >= 4 is 6.03 Å². The number of rotatable bonds is 7. The Labute approximate surface area is 129 Å². The molecule has 7 nitrogen and oxygen atoms in total. The number of carbonyl (C=O) groups is 1. The van der Waals surface area contributed by atoms with E-state index in [2.05, 4.69) is 20.7 Å². The molecule has 0 aliphatic rings. The topological polar surface area (TPSA) is 92.1 Å². The van der Waals surface area contributed by atoms with E-state index in [-0.39, 0.29) is 18.7 Å². The molecule has 3 N–H and O–H groups in total. The van der Waals surface area contributed by atoms with Crippen molar-refractivity contribution in [2.45, 2.75) is 32.4 Å². The highest BCUT2D eigenvalue weighted by Gasteiger charge is 2.06. The molecule has 0 aliphatic carbocycles. The fraction of sp³-hybridized carbons (Fsp3) is 0.400. The summed E-state index contributed by atoms with van der Waals surface area (Å²) in [5.74, 6) is 0. The molecule has 0 aliphatic heterocycles. The minimum Gasteiger partial charge on any atom is -0.396 e. The highest BCUT2D eigenvalue weighted by atomic mass is 16.3. The van der Waals surface area contributed by atoms with Gasteiger partial charge >= 0.3 is 6.03 Å². The van der Waals surface area contributed by atoms with Crippen LogP contribution in [0, 0.1) is 0 Å². The van der Waals surface area contributed by atoms with Crippen molar-refractivity contribution in [2.75, 3.05) is 6.61 Å². The molecular weight excluding hydrogens is 282 g/mol. The lowest BCUT2D eigenvalue weighted by atomic mass is 10.2. The maximum Gasteiger partial charge on any atom is 0.315 e. The van der Waals surface area contributed by atoms with Gasteiger partial charge in [-0.2, -0.15) is 5.10 Å². The van der Waals surface area contributed by atoms with Crippen molar-refractivity contribution in [1.82, 2.24) is 25.4 Å². The molecule has 118 valence electrons. The maximum absolute atomic E-state index is 11.7. The molecule has 2 amide bonds. The van der Waals surface area contributed by atoms with Gasteiger partial charge in [-0.15, -0.1) is 0 Å². The number of aliphatic hydroxyl groups excluding tert-OH is 1. The number of carbonyl (C=O) groups excluding carboxylic acids is 1. The van der Waals surface area contributed by atoms with Crippen LogP contribution >= 0.6 is 0 Å². The molecule has 1 aromatic heterocycles. The highest BCUT2D eigenvalue weighted by Crippen LogP contribution is 2.07. The largest absolute Gasteiger partial charge is 0.396 e. The van der Waals surface area contributed by atoms with Gasteiger partial charge in [0.25, 0.3) is 0 Å². The molecule has 22 heavy (non-hydrogen) atoms. The molecule has 1 heterocycles. The molecule has 0 bridgehead atoms. The second kappa shape index (κ2) is 8.14. The van der Waals surface area contributed by atoms with E-state index in [0.717, 1.165) is 17.7 Å². The minimum absolute atomic E-state index is 0.0434. The molecule has 1 unspecified atom stereocenters. The van der Waals surface area contributed by atoms with E-state index in [1.54, 1.807) is 11.0 Å². The number of hydrogen-bond acceptors (Lipinski definition) is 4. The first-order valence-electron chi connectivity index (χ1n) is 7.28. The van der Waals surface area contributed by atoms with Gasteiger partial charge in [-0.1, -0.05) is 12.1 Å². The third-order valence-corrected chi connectivity index (χ3v) is 3.25. The molecule has 0 saturated heterocycles. The summed E-state index contributed by atoms with van der Waals surface area (Å²) in [4.78, 5) is 15.6. The number of benzene rings is 1. The van der Waals surface area contributed by atoms with Gasteiger partial charge in [0.05, 0.1) is 5.69 Å². The lowest BCUT2D eigenvalue weighted by Crippen LogP contribution is -2.40. The van der Waals surface area contributed by atoms with Gasteiger partial charge in [-0.3, -0.25) is 0 Å². The monoisotopic (exact) mass is 303 g/mol. The van der Waals surface area contributed by atoms with Crippen molar-refractivity contribution in [1.29, 1.82) is 0 Å². The molecule has 7 heteroatoms. The summed E-state index contributed by atoms with van der Waals surface area (Å²) in [5, 5.41) is 18.5. The SMILES string of the molecule is CC(CCCO)NC(=O)NCc1ccc(-n2cncn2)cc1. The Morgan fingerprint density at radius 2 is 2.14 bits per heavy atom. The molecule has 1 atom stereocenters. The van der Waals surface area contributed by atoms with Crippen LogP contribution in [-0.4, -0.2) is 38.6 Å². The molecule has 1 aromatic carbocycles. The van der Waals surface area contributed by atoms with Crippen LogP contribution in [0.25, 0.3) is 5.69 Å². The lowest BCUT2D eigenvalue weighted by Gasteiger charge is -2.14. The van der Waals surface area contributed by atoms with Crippen LogP contribution in [-0.2, 0) is 6.54 Å². The van der Waals surface area contributed by atoms with Crippen LogP contribution in [0.2, 0.25) is 0 Å². The van der Waals surface area contributed by atoms with E-state index in [0.29, 0.717) is 13.0 Å². The normalized spacial score (nSPS) is 11.9. The van der Waals surface area contributed by atoms with Gasteiger partial charge in [0.1, 0.15) is 12.7 Å². The van der Waals surface area contributed by atoms with Gasteiger partial charge in [0.15, 0.2) is 0 Å². The Hall–Kier alpha value is -2.41. The number of hydrogen-bond donors (Lipinski definition) is 3. The summed E-state index contributed by atoms with van der Waals surface area (Å²) < 4.78 is 1.67. The van der Waals surface area contributed by atoms with E-state index in [4.69, 9.17) is 5.11 Å². The average molecular weight is 303 g/mol. The predicted octanol–water partition coefficient (Wildman–Crippen LogP) is 1.23. The number of urea groups is 1. The van der Waals surface area contributed by atoms with Gasteiger partial charge in [-0.25, -0.2) is 14.5 Å². The Kier molecular flexibility index (Phi) is 5.91. The Bertz CT molecular complexity index is 568. The zero-order chi connectivity index (χ0) is 15.8. The molecule has 2 aromatic rings. The molecule has 0 saturated carbocycles. The molecular formula is C15H21N5O2. The predicted molar refractivity (Wildman–Crippen MR) is 82.5 cm³/mol. The van der Waals surface area contributed by atoms with E-state index >= 15 is 0 Å². The van der Waals surface area contributed by atoms with Gasteiger partial charge < -0.3 is 15.7 Å². The minimum atomic E-state index is -0.203. The smallest absolute Gasteiger partial charge is 0.315 e. The summed E-state index contributed by atoms with van der Waals surface area (Å²) in [5.41, 5.74) is 1.92. The number of aliphatic hydroxyl groups is 1. The molecule has 0 radical (unpaired) electrons. The summed E-state index contributed by atoms with van der Waals surface area (Å²) in [7, 11) is 0. The molecule has 0 fully saturated rings. The van der Waals surface area contributed by atoms with Crippen molar-refractivity contribution in [3.8, 4) is 5.69 Å². The van der Waals surface area contributed by atoms with Crippen molar-refractivity contribution in [2.24, 2.45) is 0 Å². The number of amides is 2. The summed E-state index contributed by atoms with van der Waals surface area (Å²) in [6.45, 7) is 2.52. The van der Waals surface area contributed by atoms with Crippen molar-refractivity contribution in [3.63, 3.8) is 0 Å². The van der Waals surface area contributed by atoms with Crippen LogP contribution in [0.15, 0.2) is 36.9 Å². The van der Waals surface area contributed by atoms with Gasteiger partial charge in [0.2, 0.25) is 0 Å². The highest BCUT2D eigenvalue weighted by molar-refractivity contribution is 5.74. The summed E-state index contributed by atoms with van der Waals surface area (Å²) >= 11 is 0. The fourth-order valence-corrected chi connectivity index (χ4v) is 2.03. The molecule has 0 spiro atoms. The summed E-state index contributed by atoms with van der Waals surface area (Å²) in [6, 6.07) is 7.56. The molecule has 2 rings (SSSR count). The zero-order valence-electron chi connectivity index (χ0n) is 12.6. The second-order valence-corrected chi connectivity index (χ2v) is 5.10. The quantitative estimate of drug-likeness (QED) is 0.717. The Morgan fingerprint density at radius 3 is 2.77 bits per heavy atom. The van der Waals surface area contributed by atoms with Crippen LogP contribution < -0.4 is 10.6 Å². The fourth-order valence-electron chi connectivity index (χ4n) is 2.03. The zero-order valence-corrected chi connectivity index (χ0v) is 12.6. The first-order chi connectivity index (χ1) is 10.7. The van der Waals surface area contributed by atoms with Crippen LogP contribution in [0.5, 0.6) is 0 Å². The first kappa shape index (κ1) is 16.0. The van der Waals surface area contributed by atoms with Crippen LogP contribution in [0.1, 0.15) is 25.3 Å². The Morgan fingerprint density at radius 1 is 1.36 bits per heavy atom. The lowest BCUT2D eigenvalue weighted by molar-refractivity contribution is 0.234. The second-order valence-electron chi connectivity index (χ2n) is 5.10. The first-order valence-corrected chi connectivity index (χ1v) is 7.28. The van der Waals surface area contributed by atoms with Crippen LogP contribution in [0.3, 0.4) is 0 Å². The van der Waals surface area contributed by atoms with E-state index < -0.39 is 0 Å². The average Bonchev–Trinajstić information content (AvgIpc) is 3.06.